The largest absolute Gasteiger partial charge is 0.348 e. The van der Waals surface area contributed by atoms with Crippen molar-refractivity contribution in [1.82, 2.24) is 25.1 Å². The first kappa shape index (κ1) is 21.8. The number of rotatable bonds is 6. The summed E-state index contributed by atoms with van der Waals surface area (Å²) in [5, 5.41) is 2.81. The van der Waals surface area contributed by atoms with E-state index in [1.165, 1.54) is 18.3 Å². The average molecular weight is 413 g/mol. The second kappa shape index (κ2) is 9.75. The summed E-state index contributed by atoms with van der Waals surface area (Å²) in [5.74, 6) is 0.0414. The van der Waals surface area contributed by atoms with Gasteiger partial charge in [0, 0.05) is 19.3 Å². The molecular formula is C22H28FN5O2. The summed E-state index contributed by atoms with van der Waals surface area (Å²) >= 11 is 0. The number of nitrogens with one attached hydrogen (secondary N) is 1. The third kappa shape index (κ3) is 5.38. The van der Waals surface area contributed by atoms with Crippen LogP contribution in [0.15, 0.2) is 30.5 Å². The van der Waals surface area contributed by atoms with Gasteiger partial charge in [0.25, 0.3) is 5.91 Å². The monoisotopic (exact) mass is 413 g/mol. The van der Waals surface area contributed by atoms with Crippen LogP contribution in [0.4, 0.5) is 4.39 Å². The molecule has 7 nitrogen and oxygen atoms in total. The fourth-order valence-electron chi connectivity index (χ4n) is 3.61. The minimum absolute atomic E-state index is 0.0621. The molecule has 160 valence electrons. The Balaban J connectivity index is 1.70. The minimum atomic E-state index is -0.314. The molecule has 2 heterocycles. The highest BCUT2D eigenvalue weighted by atomic mass is 19.1. The molecule has 2 aromatic rings. The number of carbonyl (C=O) groups is 2. The first-order chi connectivity index (χ1) is 14.3. The summed E-state index contributed by atoms with van der Waals surface area (Å²) in [7, 11) is 3.74. The van der Waals surface area contributed by atoms with Crippen molar-refractivity contribution in [2.75, 3.05) is 27.2 Å². The first-order valence-electron chi connectivity index (χ1n) is 10.2. The Bertz CT molecular complexity index is 901. The van der Waals surface area contributed by atoms with Gasteiger partial charge < -0.3 is 15.1 Å². The average Bonchev–Trinajstić information content (AvgIpc) is 2.72. The van der Waals surface area contributed by atoms with E-state index in [4.69, 9.17) is 0 Å². The van der Waals surface area contributed by atoms with Gasteiger partial charge in [-0.15, -0.1) is 0 Å². The molecular weight excluding hydrogens is 385 g/mol. The van der Waals surface area contributed by atoms with Crippen LogP contribution < -0.4 is 5.32 Å². The van der Waals surface area contributed by atoms with E-state index in [9.17, 15) is 14.0 Å². The van der Waals surface area contributed by atoms with Crippen molar-refractivity contribution in [1.29, 1.82) is 0 Å². The van der Waals surface area contributed by atoms with Crippen LogP contribution in [-0.4, -0.2) is 58.8 Å². The van der Waals surface area contributed by atoms with E-state index < -0.39 is 0 Å². The normalized spacial score (nSPS) is 16.6. The summed E-state index contributed by atoms with van der Waals surface area (Å²) in [6.07, 6.45) is 4.33. The van der Waals surface area contributed by atoms with E-state index in [0.717, 1.165) is 24.8 Å². The number of piperidine rings is 1. The quantitative estimate of drug-likeness (QED) is 0.787. The maximum Gasteiger partial charge on any atom is 0.254 e. The number of aryl methyl sites for hydroxylation is 1. The molecule has 0 bridgehead atoms. The van der Waals surface area contributed by atoms with Crippen molar-refractivity contribution in [3.63, 3.8) is 0 Å². The molecule has 1 fully saturated rings. The van der Waals surface area contributed by atoms with Crippen LogP contribution in [-0.2, 0) is 11.3 Å². The van der Waals surface area contributed by atoms with Crippen molar-refractivity contribution in [3.05, 3.63) is 58.9 Å². The lowest BCUT2D eigenvalue weighted by Crippen LogP contribution is -2.43. The van der Waals surface area contributed by atoms with Gasteiger partial charge in [-0.05, 0) is 58.0 Å². The fourth-order valence-corrected chi connectivity index (χ4v) is 3.61. The van der Waals surface area contributed by atoms with Gasteiger partial charge >= 0.3 is 0 Å². The van der Waals surface area contributed by atoms with Crippen LogP contribution in [0.2, 0.25) is 0 Å². The standard InChI is InChI=1S/C22H28FN5O2/c1-15-18(22(30)25-12-16-7-9-17(23)10-8-16)13-24-21(26-15)19-6-4-5-11-28(19)20(29)14-27(2)3/h7-10,13,19H,4-6,11-12,14H2,1-3H3,(H,25,30). The van der Waals surface area contributed by atoms with Crippen LogP contribution in [0.25, 0.3) is 0 Å². The lowest BCUT2D eigenvalue weighted by Gasteiger charge is -2.35. The van der Waals surface area contributed by atoms with E-state index in [1.54, 1.807) is 19.1 Å². The Hall–Kier alpha value is -2.87. The molecule has 1 unspecified atom stereocenters. The molecule has 0 aliphatic carbocycles. The SMILES string of the molecule is Cc1nc(C2CCCCN2C(=O)CN(C)C)ncc1C(=O)NCc1ccc(F)cc1. The fraction of sp³-hybridized carbons (Fsp3) is 0.455. The van der Waals surface area contributed by atoms with Crippen LogP contribution >= 0.6 is 0 Å². The lowest BCUT2D eigenvalue weighted by atomic mass is 10.0. The van der Waals surface area contributed by atoms with Gasteiger partial charge in [-0.25, -0.2) is 14.4 Å². The molecule has 2 amide bonds. The molecule has 1 atom stereocenters. The number of amides is 2. The van der Waals surface area contributed by atoms with Gasteiger partial charge in [0.15, 0.2) is 5.82 Å². The van der Waals surface area contributed by atoms with Crippen LogP contribution in [0.1, 0.15) is 52.7 Å². The molecule has 0 spiro atoms. The molecule has 1 aromatic heterocycles. The summed E-state index contributed by atoms with van der Waals surface area (Å²) in [6, 6.07) is 5.81. The molecule has 3 rings (SSSR count). The molecule has 1 saturated heterocycles. The highest BCUT2D eigenvalue weighted by Gasteiger charge is 2.30. The third-order valence-electron chi connectivity index (χ3n) is 5.18. The first-order valence-corrected chi connectivity index (χ1v) is 10.2. The lowest BCUT2D eigenvalue weighted by molar-refractivity contribution is -0.135. The van der Waals surface area contributed by atoms with E-state index in [-0.39, 0.29) is 30.2 Å². The third-order valence-corrected chi connectivity index (χ3v) is 5.18. The molecule has 1 aromatic carbocycles. The van der Waals surface area contributed by atoms with Crippen molar-refractivity contribution >= 4 is 11.8 Å². The van der Waals surface area contributed by atoms with Gasteiger partial charge in [0.2, 0.25) is 5.91 Å². The van der Waals surface area contributed by atoms with Crippen LogP contribution in [0, 0.1) is 12.7 Å². The highest BCUT2D eigenvalue weighted by Crippen LogP contribution is 2.29. The summed E-state index contributed by atoms with van der Waals surface area (Å²) in [6.45, 7) is 3.10. The van der Waals surface area contributed by atoms with Crippen molar-refractivity contribution in [2.24, 2.45) is 0 Å². The summed E-state index contributed by atoms with van der Waals surface area (Å²) < 4.78 is 13.0. The van der Waals surface area contributed by atoms with Crippen molar-refractivity contribution < 1.29 is 14.0 Å². The smallest absolute Gasteiger partial charge is 0.254 e. The zero-order valence-corrected chi connectivity index (χ0v) is 17.7. The van der Waals surface area contributed by atoms with Gasteiger partial charge in [-0.3, -0.25) is 9.59 Å². The molecule has 0 radical (unpaired) electrons. The Morgan fingerprint density at radius 1 is 1.23 bits per heavy atom. The molecule has 30 heavy (non-hydrogen) atoms. The molecule has 0 saturated carbocycles. The number of likely N-dealkylation sites (N-methyl/N-ethyl adjacent to an activating group) is 1. The van der Waals surface area contributed by atoms with Crippen molar-refractivity contribution in [2.45, 2.75) is 38.8 Å². The number of nitrogens with zero attached hydrogens (tertiary/aromatic N) is 4. The molecule has 1 N–H and O–H groups in total. The van der Waals surface area contributed by atoms with Crippen LogP contribution in [0.5, 0.6) is 0 Å². The maximum atomic E-state index is 13.0. The molecule has 8 heteroatoms. The number of hydrogen-bond acceptors (Lipinski definition) is 5. The minimum Gasteiger partial charge on any atom is -0.348 e. The number of aromatic nitrogens is 2. The van der Waals surface area contributed by atoms with E-state index in [0.29, 0.717) is 30.2 Å². The number of carbonyl (C=O) groups excluding carboxylic acids is 2. The zero-order valence-electron chi connectivity index (χ0n) is 17.7. The van der Waals surface area contributed by atoms with Gasteiger partial charge in [0.05, 0.1) is 23.8 Å². The van der Waals surface area contributed by atoms with Gasteiger partial charge in [0.1, 0.15) is 5.82 Å². The topological polar surface area (TPSA) is 78.4 Å². The number of hydrogen-bond donors (Lipinski definition) is 1. The van der Waals surface area contributed by atoms with E-state index in [2.05, 4.69) is 15.3 Å². The molecule has 1 aliphatic heterocycles. The highest BCUT2D eigenvalue weighted by molar-refractivity contribution is 5.94. The second-order valence-corrected chi connectivity index (χ2v) is 7.87. The number of halogens is 1. The number of benzene rings is 1. The van der Waals surface area contributed by atoms with Gasteiger partial charge in [-0.2, -0.15) is 0 Å². The van der Waals surface area contributed by atoms with Gasteiger partial charge in [-0.1, -0.05) is 12.1 Å². The number of likely N-dealkylation sites (tertiary alicyclic amines) is 1. The Morgan fingerprint density at radius 3 is 2.63 bits per heavy atom. The summed E-state index contributed by atoms with van der Waals surface area (Å²) in [4.78, 5) is 37.9. The second-order valence-electron chi connectivity index (χ2n) is 7.87. The maximum absolute atomic E-state index is 13.0. The predicted molar refractivity (Wildman–Crippen MR) is 111 cm³/mol. The molecule has 1 aliphatic rings. The Labute approximate surface area is 176 Å². The zero-order chi connectivity index (χ0) is 21.7. The van der Waals surface area contributed by atoms with Crippen molar-refractivity contribution in [3.8, 4) is 0 Å². The predicted octanol–water partition coefficient (Wildman–Crippen LogP) is 2.47. The Morgan fingerprint density at radius 2 is 1.97 bits per heavy atom. The summed E-state index contributed by atoms with van der Waals surface area (Å²) in [5.41, 5.74) is 1.77. The van der Waals surface area contributed by atoms with E-state index >= 15 is 0 Å². The van der Waals surface area contributed by atoms with E-state index in [1.807, 2.05) is 23.9 Å². The van der Waals surface area contributed by atoms with Crippen LogP contribution in [0.3, 0.4) is 0 Å². The Kier molecular flexibility index (Phi) is 7.10.